The zero-order valence-electron chi connectivity index (χ0n) is 14.8. The molecule has 1 fully saturated rings. The molecule has 0 aromatic heterocycles. The molecule has 0 heterocycles. The molecular formula is C20H23NO3S. The minimum atomic E-state index is 0.0145. The molecule has 3 rings (SSSR count). The second-order valence-electron chi connectivity index (χ2n) is 6.50. The number of nitrogens with zero attached hydrogens (tertiary/aromatic N) is 1. The number of hydrogen-bond donors (Lipinski definition) is 1. The Kier molecular flexibility index (Phi) is 5.25. The van der Waals surface area contributed by atoms with Gasteiger partial charge in [-0.2, -0.15) is 5.06 Å². The van der Waals surface area contributed by atoms with Crippen LogP contribution in [0.5, 0.6) is 5.75 Å². The molecule has 132 valence electrons. The number of hydrogen-bond acceptors (Lipinski definition) is 4. The first-order chi connectivity index (χ1) is 12.0. The Morgan fingerprint density at radius 2 is 1.96 bits per heavy atom. The molecule has 0 unspecified atom stereocenters. The van der Waals surface area contributed by atoms with Crippen LogP contribution in [0.25, 0.3) is 0 Å². The number of rotatable bonds is 5. The van der Waals surface area contributed by atoms with Crippen molar-refractivity contribution in [2.75, 3.05) is 12.2 Å². The minimum absolute atomic E-state index is 0.0145. The van der Waals surface area contributed by atoms with E-state index in [2.05, 4.69) is 19.1 Å². The molecule has 5 heteroatoms. The number of methoxy groups -OCH3 is 1. The summed E-state index contributed by atoms with van der Waals surface area (Å²) in [6.45, 7) is 4.42. The molecule has 0 aliphatic heterocycles. The second-order valence-corrected chi connectivity index (χ2v) is 6.85. The second kappa shape index (κ2) is 7.42. The maximum atomic E-state index is 10.4. The van der Waals surface area contributed by atoms with Crippen molar-refractivity contribution in [2.45, 2.75) is 39.2 Å². The van der Waals surface area contributed by atoms with E-state index < -0.39 is 0 Å². The minimum Gasteiger partial charge on any atom is -0.489 e. The van der Waals surface area contributed by atoms with Crippen LogP contribution in [0, 0.1) is 13.8 Å². The first-order valence-corrected chi connectivity index (χ1v) is 8.80. The van der Waals surface area contributed by atoms with E-state index >= 15 is 0 Å². The van der Waals surface area contributed by atoms with Gasteiger partial charge in [-0.25, -0.2) is 0 Å². The zero-order valence-corrected chi connectivity index (χ0v) is 15.6. The predicted octanol–water partition coefficient (Wildman–Crippen LogP) is 4.89. The largest absolute Gasteiger partial charge is 0.489 e. The molecule has 2 aromatic carbocycles. The summed E-state index contributed by atoms with van der Waals surface area (Å²) in [6, 6.07) is 12.2. The Labute approximate surface area is 153 Å². The highest BCUT2D eigenvalue weighted by molar-refractivity contribution is 7.80. The van der Waals surface area contributed by atoms with E-state index in [4.69, 9.17) is 21.7 Å². The van der Waals surface area contributed by atoms with Gasteiger partial charge < -0.3 is 9.47 Å². The predicted molar refractivity (Wildman–Crippen MR) is 103 cm³/mol. The average Bonchev–Trinajstić information content (AvgIpc) is 3.44. The molecule has 1 aliphatic rings. The van der Waals surface area contributed by atoms with Crippen molar-refractivity contribution in [3.8, 4) is 5.75 Å². The Hall–Kier alpha value is -2.11. The van der Waals surface area contributed by atoms with Crippen molar-refractivity contribution in [3.63, 3.8) is 0 Å². The highest BCUT2D eigenvalue weighted by Gasteiger charge is 2.25. The third kappa shape index (κ3) is 4.11. The number of thiocarbonyl (C=S) groups is 1. The van der Waals surface area contributed by atoms with E-state index in [-0.39, 0.29) is 5.17 Å². The van der Waals surface area contributed by atoms with Gasteiger partial charge in [0.15, 0.2) is 0 Å². The third-order valence-electron chi connectivity index (χ3n) is 4.45. The summed E-state index contributed by atoms with van der Waals surface area (Å²) in [5, 5.41) is 11.3. The highest BCUT2D eigenvalue weighted by atomic mass is 32.1. The molecule has 1 aliphatic carbocycles. The zero-order chi connectivity index (χ0) is 18.0. The van der Waals surface area contributed by atoms with Crippen molar-refractivity contribution < 1.29 is 14.7 Å². The normalized spacial score (nSPS) is 13.4. The van der Waals surface area contributed by atoms with Crippen LogP contribution in [-0.4, -0.2) is 17.5 Å². The van der Waals surface area contributed by atoms with E-state index in [0.717, 1.165) is 21.9 Å². The molecule has 4 nitrogen and oxygen atoms in total. The summed E-state index contributed by atoms with van der Waals surface area (Å²) >= 11 is 5.07. The Morgan fingerprint density at radius 1 is 1.20 bits per heavy atom. The molecule has 1 saturated carbocycles. The van der Waals surface area contributed by atoms with Crippen molar-refractivity contribution in [1.29, 1.82) is 0 Å². The Balaban J connectivity index is 1.85. The van der Waals surface area contributed by atoms with Gasteiger partial charge in [0.2, 0.25) is 0 Å². The summed E-state index contributed by atoms with van der Waals surface area (Å²) in [7, 11) is 1.45. The van der Waals surface area contributed by atoms with Gasteiger partial charge in [-0.3, -0.25) is 5.21 Å². The highest BCUT2D eigenvalue weighted by Crippen LogP contribution is 2.41. The van der Waals surface area contributed by atoms with Crippen LogP contribution in [-0.2, 0) is 11.3 Å². The Bertz CT molecular complexity index is 787. The third-order valence-corrected chi connectivity index (χ3v) is 4.79. The van der Waals surface area contributed by atoms with Crippen LogP contribution >= 0.6 is 12.2 Å². The summed E-state index contributed by atoms with van der Waals surface area (Å²) in [5.41, 5.74) is 4.96. The van der Waals surface area contributed by atoms with E-state index in [1.165, 1.54) is 31.1 Å². The molecule has 0 radical (unpaired) electrons. The molecular weight excluding hydrogens is 334 g/mol. The number of benzene rings is 2. The quantitative estimate of drug-likeness (QED) is 0.610. The molecule has 0 bridgehead atoms. The topological polar surface area (TPSA) is 41.9 Å². The molecule has 25 heavy (non-hydrogen) atoms. The van der Waals surface area contributed by atoms with Gasteiger partial charge in [-0.15, -0.1) is 0 Å². The molecule has 0 amide bonds. The van der Waals surface area contributed by atoms with Crippen LogP contribution in [0.2, 0.25) is 0 Å². The summed E-state index contributed by atoms with van der Waals surface area (Å²) in [5.74, 6) is 1.42. The van der Waals surface area contributed by atoms with Gasteiger partial charge in [0.1, 0.15) is 12.4 Å². The summed E-state index contributed by atoms with van der Waals surface area (Å²) in [4.78, 5) is 0. The van der Waals surface area contributed by atoms with Gasteiger partial charge in [0.25, 0.3) is 5.17 Å². The summed E-state index contributed by atoms with van der Waals surface area (Å²) in [6.07, 6.45) is 2.38. The Morgan fingerprint density at radius 3 is 2.60 bits per heavy atom. The smallest absolute Gasteiger partial charge is 0.288 e. The van der Waals surface area contributed by atoms with Crippen LogP contribution in [0.4, 0.5) is 5.69 Å². The van der Waals surface area contributed by atoms with Crippen molar-refractivity contribution in [2.24, 2.45) is 0 Å². The maximum Gasteiger partial charge on any atom is 0.288 e. The number of ether oxygens (including phenoxy) is 2. The van der Waals surface area contributed by atoms with E-state index in [1.54, 1.807) is 0 Å². The first-order valence-electron chi connectivity index (χ1n) is 8.39. The fraction of sp³-hybridized carbons (Fsp3) is 0.350. The van der Waals surface area contributed by atoms with Gasteiger partial charge in [0.05, 0.1) is 12.8 Å². The van der Waals surface area contributed by atoms with Crippen LogP contribution < -0.4 is 9.80 Å². The average molecular weight is 357 g/mol. The summed E-state index contributed by atoms with van der Waals surface area (Å²) < 4.78 is 11.0. The van der Waals surface area contributed by atoms with Gasteiger partial charge >= 0.3 is 0 Å². The lowest BCUT2D eigenvalue weighted by molar-refractivity contribution is 0.264. The van der Waals surface area contributed by atoms with Crippen molar-refractivity contribution in [1.82, 2.24) is 0 Å². The van der Waals surface area contributed by atoms with E-state index in [0.29, 0.717) is 18.2 Å². The number of hydroxylamine groups is 1. The molecule has 0 spiro atoms. The van der Waals surface area contributed by atoms with E-state index in [9.17, 15) is 5.21 Å². The van der Waals surface area contributed by atoms with Gasteiger partial charge in [0, 0.05) is 5.56 Å². The van der Waals surface area contributed by atoms with Gasteiger partial charge in [-0.05, 0) is 68.1 Å². The van der Waals surface area contributed by atoms with Crippen LogP contribution in [0.15, 0.2) is 36.4 Å². The fourth-order valence-electron chi connectivity index (χ4n) is 2.87. The molecule has 2 aromatic rings. The monoisotopic (exact) mass is 357 g/mol. The van der Waals surface area contributed by atoms with Crippen LogP contribution in [0.1, 0.15) is 41.0 Å². The van der Waals surface area contributed by atoms with Gasteiger partial charge in [-0.1, -0.05) is 29.8 Å². The lowest BCUT2D eigenvalue weighted by atomic mass is 10.1. The fourth-order valence-corrected chi connectivity index (χ4v) is 2.97. The first kappa shape index (κ1) is 17.7. The maximum absolute atomic E-state index is 10.4. The SMILES string of the molecule is COC(=S)N(O)c1cc(C2CC2)ccc1COc1ccc(C)cc1C. The van der Waals surface area contributed by atoms with Crippen molar-refractivity contribution >= 4 is 23.1 Å². The molecule has 1 N–H and O–H groups in total. The van der Waals surface area contributed by atoms with E-state index in [1.807, 2.05) is 31.2 Å². The lowest BCUT2D eigenvalue weighted by Gasteiger charge is -2.21. The van der Waals surface area contributed by atoms with Crippen molar-refractivity contribution in [3.05, 3.63) is 58.7 Å². The molecule has 0 saturated heterocycles. The van der Waals surface area contributed by atoms with Crippen LogP contribution in [0.3, 0.4) is 0 Å². The lowest BCUT2D eigenvalue weighted by Crippen LogP contribution is -2.27. The standard InChI is InChI=1S/C20H23NO3S/c1-13-4-9-19(14(2)10-13)24-12-17-8-7-16(15-5-6-15)11-18(17)21(22)20(25)23-3/h4,7-11,15,22H,5-6,12H2,1-3H3. The number of anilines is 1. The number of aryl methyl sites for hydroxylation is 2. The molecule has 0 atom stereocenters.